The highest BCUT2D eigenvalue weighted by molar-refractivity contribution is 6.68. The van der Waals surface area contributed by atoms with Crippen LogP contribution in [0.15, 0.2) is 30.9 Å². The van der Waals surface area contributed by atoms with Crippen LogP contribution in [-0.4, -0.2) is 15.1 Å². The second kappa shape index (κ2) is 9.60. The molecule has 0 fully saturated rings. The number of rotatable bonds is 9. The Morgan fingerprint density at radius 2 is 2.05 bits per heavy atom. The van der Waals surface area contributed by atoms with Crippen molar-refractivity contribution in [2.45, 2.75) is 58.6 Å². The molecule has 1 aromatic rings. The van der Waals surface area contributed by atoms with E-state index in [1.807, 2.05) is 6.08 Å². The molecular weight excluding hydrogens is 272 g/mol. The van der Waals surface area contributed by atoms with Gasteiger partial charge in [-0.25, -0.2) is 0 Å². The normalized spacial score (nSPS) is 12.1. The van der Waals surface area contributed by atoms with Gasteiger partial charge < -0.3 is 4.43 Å². The zero-order valence-corrected chi connectivity index (χ0v) is 14.6. The van der Waals surface area contributed by atoms with Gasteiger partial charge in [0.15, 0.2) is 0 Å². The monoisotopic (exact) mass is 299 g/mol. The van der Waals surface area contributed by atoms with Crippen LogP contribution in [0.5, 0.6) is 0 Å². The summed E-state index contributed by atoms with van der Waals surface area (Å²) in [5, 5.41) is 1.39. The summed E-state index contributed by atoms with van der Waals surface area (Å²) < 4.78 is 6.47. The van der Waals surface area contributed by atoms with Crippen molar-refractivity contribution in [1.29, 1.82) is 0 Å². The molecule has 0 amide bonds. The SMILES string of the molecule is C#CC[C@@H](CCCC)O[Si](CC=C)c1c(C)cccc1C. The van der Waals surface area contributed by atoms with E-state index in [1.165, 1.54) is 29.2 Å². The topological polar surface area (TPSA) is 9.23 Å². The minimum atomic E-state index is -1.10. The van der Waals surface area contributed by atoms with Crippen molar-refractivity contribution in [2.24, 2.45) is 0 Å². The maximum absolute atomic E-state index is 6.47. The van der Waals surface area contributed by atoms with E-state index in [1.54, 1.807) is 0 Å². The minimum Gasteiger partial charge on any atom is -0.408 e. The van der Waals surface area contributed by atoms with Crippen LogP contribution in [0.4, 0.5) is 0 Å². The molecule has 1 radical (unpaired) electrons. The molecule has 0 N–H and O–H groups in total. The summed E-state index contributed by atoms with van der Waals surface area (Å²) in [6.07, 6.45) is 11.8. The van der Waals surface area contributed by atoms with Crippen LogP contribution in [-0.2, 0) is 4.43 Å². The molecule has 0 aromatic heterocycles. The highest BCUT2D eigenvalue weighted by Crippen LogP contribution is 2.14. The van der Waals surface area contributed by atoms with E-state index >= 15 is 0 Å². The quantitative estimate of drug-likeness (QED) is 0.375. The molecule has 0 aliphatic carbocycles. The lowest BCUT2D eigenvalue weighted by atomic mass is 10.1. The molecule has 0 heterocycles. The average Bonchev–Trinajstić information content (AvgIpc) is 2.45. The molecule has 0 bridgehead atoms. The van der Waals surface area contributed by atoms with Crippen LogP contribution in [0, 0.1) is 26.2 Å². The third kappa shape index (κ3) is 5.53. The van der Waals surface area contributed by atoms with Crippen molar-refractivity contribution < 1.29 is 4.43 Å². The molecule has 1 rings (SSSR count). The summed E-state index contributed by atoms with van der Waals surface area (Å²) in [5.74, 6) is 2.77. The summed E-state index contributed by atoms with van der Waals surface area (Å²) in [6, 6.07) is 7.37. The Morgan fingerprint density at radius 3 is 2.57 bits per heavy atom. The largest absolute Gasteiger partial charge is 0.408 e. The molecule has 0 aliphatic heterocycles. The van der Waals surface area contributed by atoms with Gasteiger partial charge in [0.2, 0.25) is 0 Å². The molecule has 1 nitrogen and oxygen atoms in total. The molecule has 0 saturated heterocycles. The number of unbranched alkanes of at least 4 members (excludes halogenated alkanes) is 1. The van der Waals surface area contributed by atoms with Gasteiger partial charge in [-0.15, -0.1) is 18.9 Å². The highest BCUT2D eigenvalue weighted by Gasteiger charge is 2.23. The van der Waals surface area contributed by atoms with Crippen LogP contribution in [0.25, 0.3) is 0 Å². The first kappa shape index (κ1) is 17.7. The number of hydrogen-bond donors (Lipinski definition) is 0. The van der Waals surface area contributed by atoms with E-state index < -0.39 is 9.04 Å². The Bertz CT molecular complexity index is 467. The zero-order valence-electron chi connectivity index (χ0n) is 13.6. The fraction of sp³-hybridized carbons (Fsp3) is 0.474. The maximum atomic E-state index is 6.47. The van der Waals surface area contributed by atoms with E-state index in [0.717, 1.165) is 12.5 Å². The van der Waals surface area contributed by atoms with Gasteiger partial charge >= 0.3 is 0 Å². The first-order chi connectivity index (χ1) is 10.1. The number of terminal acetylenes is 1. The molecule has 2 heteroatoms. The van der Waals surface area contributed by atoms with Crippen molar-refractivity contribution in [1.82, 2.24) is 0 Å². The molecule has 21 heavy (non-hydrogen) atoms. The molecule has 0 unspecified atom stereocenters. The summed E-state index contributed by atoms with van der Waals surface area (Å²) in [4.78, 5) is 0. The van der Waals surface area contributed by atoms with Gasteiger partial charge in [0, 0.05) is 6.42 Å². The Morgan fingerprint density at radius 1 is 1.38 bits per heavy atom. The summed E-state index contributed by atoms with van der Waals surface area (Å²) in [7, 11) is -1.10. The van der Waals surface area contributed by atoms with E-state index in [4.69, 9.17) is 10.8 Å². The fourth-order valence-electron chi connectivity index (χ4n) is 2.56. The lowest BCUT2D eigenvalue weighted by Gasteiger charge is -2.24. The molecule has 1 aromatic carbocycles. The molecular formula is C19H27OSi. The van der Waals surface area contributed by atoms with Gasteiger partial charge in [-0.05, 0) is 42.6 Å². The van der Waals surface area contributed by atoms with Gasteiger partial charge in [-0.3, -0.25) is 0 Å². The van der Waals surface area contributed by atoms with Gasteiger partial charge in [-0.2, -0.15) is 0 Å². The van der Waals surface area contributed by atoms with Crippen LogP contribution in [0.2, 0.25) is 6.04 Å². The first-order valence-corrected chi connectivity index (χ1v) is 9.39. The Kier molecular flexibility index (Phi) is 8.11. The van der Waals surface area contributed by atoms with Crippen molar-refractivity contribution in [2.75, 3.05) is 0 Å². The van der Waals surface area contributed by atoms with Crippen molar-refractivity contribution in [3.63, 3.8) is 0 Å². The molecule has 1 atom stereocenters. The summed E-state index contributed by atoms with van der Waals surface area (Å²) in [5.41, 5.74) is 2.64. The Balaban J connectivity index is 2.94. The number of allylic oxidation sites excluding steroid dienone is 1. The summed E-state index contributed by atoms with van der Waals surface area (Å²) in [6.45, 7) is 10.4. The van der Waals surface area contributed by atoms with Crippen LogP contribution in [0.1, 0.15) is 43.7 Å². The third-order valence-corrected chi connectivity index (χ3v) is 6.25. The first-order valence-electron chi connectivity index (χ1n) is 7.77. The summed E-state index contributed by atoms with van der Waals surface area (Å²) >= 11 is 0. The van der Waals surface area contributed by atoms with Crippen molar-refractivity contribution in [3.05, 3.63) is 42.0 Å². The smallest absolute Gasteiger partial charge is 0.251 e. The van der Waals surface area contributed by atoms with E-state index in [2.05, 4.69) is 51.5 Å². The second-order valence-electron chi connectivity index (χ2n) is 5.47. The highest BCUT2D eigenvalue weighted by atomic mass is 28.3. The predicted molar refractivity (Wildman–Crippen MR) is 94.2 cm³/mol. The molecule has 113 valence electrons. The van der Waals surface area contributed by atoms with Crippen molar-refractivity contribution in [3.8, 4) is 12.3 Å². The van der Waals surface area contributed by atoms with Gasteiger partial charge in [0.1, 0.15) is 0 Å². The second-order valence-corrected chi connectivity index (χ2v) is 7.46. The van der Waals surface area contributed by atoms with Crippen LogP contribution in [0.3, 0.4) is 0 Å². The van der Waals surface area contributed by atoms with Crippen LogP contribution < -0.4 is 5.19 Å². The van der Waals surface area contributed by atoms with Gasteiger partial charge in [0.05, 0.1) is 6.10 Å². The van der Waals surface area contributed by atoms with Gasteiger partial charge in [-0.1, -0.05) is 44.0 Å². The number of aryl methyl sites for hydroxylation is 2. The molecule has 0 spiro atoms. The number of hydrogen-bond acceptors (Lipinski definition) is 1. The predicted octanol–water partition coefficient (Wildman–Crippen LogP) is 4.29. The third-order valence-electron chi connectivity index (χ3n) is 3.62. The lowest BCUT2D eigenvalue weighted by molar-refractivity contribution is 0.197. The maximum Gasteiger partial charge on any atom is 0.251 e. The Hall–Kier alpha value is -1.30. The van der Waals surface area contributed by atoms with Crippen molar-refractivity contribution >= 4 is 14.2 Å². The zero-order chi connectivity index (χ0) is 15.7. The van der Waals surface area contributed by atoms with E-state index in [-0.39, 0.29) is 6.10 Å². The van der Waals surface area contributed by atoms with Crippen LogP contribution >= 0.6 is 0 Å². The standard InChI is InChI=1S/C19H27OSi/c1-6-9-14-18(11-7-2)20-21(15-8-3)19-16(4)12-10-13-17(19)5/h2,8,10,12-13,18H,3,6,9,11,14-15H2,1,4-5H3/t18-/m0/s1. The number of benzene rings is 1. The molecule has 0 saturated carbocycles. The lowest BCUT2D eigenvalue weighted by Crippen LogP contribution is -2.40. The van der Waals surface area contributed by atoms with E-state index in [9.17, 15) is 0 Å². The molecule has 0 aliphatic rings. The average molecular weight is 300 g/mol. The Labute approximate surface area is 132 Å². The van der Waals surface area contributed by atoms with Gasteiger partial charge in [0.25, 0.3) is 9.04 Å². The van der Waals surface area contributed by atoms with E-state index in [0.29, 0.717) is 6.42 Å². The fourth-order valence-corrected chi connectivity index (χ4v) is 4.89. The minimum absolute atomic E-state index is 0.183.